The van der Waals surface area contributed by atoms with Gasteiger partial charge >= 0.3 is 0 Å². The van der Waals surface area contributed by atoms with Crippen LogP contribution in [0, 0.1) is 0 Å². The van der Waals surface area contributed by atoms with Crippen LogP contribution in [0.1, 0.15) is 0 Å². The molecule has 0 spiro atoms. The Hall–Kier alpha value is -5.72. The van der Waals surface area contributed by atoms with E-state index in [2.05, 4.69) is 182 Å². The van der Waals surface area contributed by atoms with Gasteiger partial charge in [-0.25, -0.2) is 0 Å². The Labute approximate surface area is 258 Å². The van der Waals surface area contributed by atoms with E-state index >= 15 is 0 Å². The van der Waals surface area contributed by atoms with Crippen molar-refractivity contribution in [2.24, 2.45) is 0 Å². The Kier molecular flexibility index (Phi) is 6.59. The molecular weight excluding hydrogens is 528 g/mol. The summed E-state index contributed by atoms with van der Waals surface area (Å²) in [5.41, 5.74) is 12.2. The van der Waals surface area contributed by atoms with Crippen LogP contribution in [0.4, 0.5) is 0 Å². The van der Waals surface area contributed by atoms with Crippen LogP contribution >= 0.6 is 0 Å². The van der Waals surface area contributed by atoms with Gasteiger partial charge in [-0.15, -0.1) is 0 Å². The van der Waals surface area contributed by atoms with Gasteiger partial charge in [-0.05, 0) is 101 Å². The number of hydrogen-bond acceptors (Lipinski definition) is 0. The monoisotopic (exact) mass is 558 g/mol. The molecule has 0 unspecified atom stereocenters. The highest BCUT2D eigenvalue weighted by atomic mass is 14.2. The lowest BCUT2D eigenvalue weighted by molar-refractivity contribution is 1.54. The van der Waals surface area contributed by atoms with Crippen molar-refractivity contribution >= 4 is 21.5 Å². The van der Waals surface area contributed by atoms with E-state index in [0.717, 1.165) is 0 Å². The summed E-state index contributed by atoms with van der Waals surface area (Å²) in [5, 5.41) is 5.06. The molecule has 8 aromatic carbocycles. The first-order valence-electron chi connectivity index (χ1n) is 15.2. The van der Waals surface area contributed by atoms with E-state index < -0.39 is 0 Å². The zero-order valence-electron chi connectivity index (χ0n) is 24.3. The second kappa shape index (κ2) is 11.2. The molecular formula is C44H30. The number of benzene rings is 8. The van der Waals surface area contributed by atoms with Crippen molar-refractivity contribution in [1.82, 2.24) is 0 Å². The van der Waals surface area contributed by atoms with Gasteiger partial charge in [0.25, 0.3) is 0 Å². The third-order valence-electron chi connectivity index (χ3n) is 8.63. The van der Waals surface area contributed by atoms with Crippen molar-refractivity contribution in [3.05, 3.63) is 182 Å². The van der Waals surface area contributed by atoms with Crippen molar-refractivity contribution in [3.8, 4) is 55.6 Å². The Morgan fingerprint density at radius 3 is 1.16 bits per heavy atom. The Balaban J connectivity index is 1.44. The zero-order valence-corrected chi connectivity index (χ0v) is 24.3. The molecule has 0 bridgehead atoms. The molecule has 0 fully saturated rings. The number of fused-ring (bicyclic) bond motifs is 2. The van der Waals surface area contributed by atoms with Crippen LogP contribution < -0.4 is 0 Å². The van der Waals surface area contributed by atoms with Crippen molar-refractivity contribution < 1.29 is 0 Å². The van der Waals surface area contributed by atoms with Crippen LogP contribution in [0.3, 0.4) is 0 Å². The maximum absolute atomic E-state index is 2.39. The van der Waals surface area contributed by atoms with Crippen LogP contribution in [0.25, 0.3) is 77.2 Å². The molecule has 0 aliphatic rings. The second-order valence-corrected chi connectivity index (χ2v) is 11.3. The van der Waals surface area contributed by atoms with Gasteiger partial charge in [-0.3, -0.25) is 0 Å². The average molecular weight is 559 g/mol. The summed E-state index contributed by atoms with van der Waals surface area (Å²) < 4.78 is 0. The van der Waals surface area contributed by atoms with E-state index in [1.807, 2.05) is 0 Å². The quantitative estimate of drug-likeness (QED) is 0.184. The first-order chi connectivity index (χ1) is 21.8. The molecule has 0 radical (unpaired) electrons. The van der Waals surface area contributed by atoms with E-state index in [0.29, 0.717) is 0 Å². The molecule has 0 amide bonds. The Bertz CT molecular complexity index is 2130. The van der Waals surface area contributed by atoms with Crippen molar-refractivity contribution in [2.75, 3.05) is 0 Å². The van der Waals surface area contributed by atoms with Gasteiger partial charge in [-0.2, -0.15) is 0 Å². The predicted molar refractivity (Wildman–Crippen MR) is 189 cm³/mol. The van der Waals surface area contributed by atoms with Gasteiger partial charge < -0.3 is 0 Å². The molecule has 0 saturated carbocycles. The van der Waals surface area contributed by atoms with E-state index in [1.54, 1.807) is 0 Å². The average Bonchev–Trinajstić information content (AvgIpc) is 3.11. The molecule has 206 valence electrons. The smallest absolute Gasteiger partial charge is 0.00262 e. The summed E-state index contributed by atoms with van der Waals surface area (Å²) in [4.78, 5) is 0. The molecule has 0 aliphatic carbocycles. The van der Waals surface area contributed by atoms with E-state index in [1.165, 1.54) is 77.2 Å². The lowest BCUT2D eigenvalue weighted by atomic mass is 9.83. The molecule has 44 heavy (non-hydrogen) atoms. The highest BCUT2D eigenvalue weighted by molar-refractivity contribution is 6.13. The largest absolute Gasteiger partial charge is 0.0622 e. The maximum Gasteiger partial charge on any atom is -0.00262 e. The van der Waals surface area contributed by atoms with Crippen LogP contribution in [0.15, 0.2) is 182 Å². The standard InChI is InChI=1S/C44H30/c1-4-15-31(16-5-1)38-29-41(32-17-6-2-7-18-32)44(42(30-38)33-19-8-3-9-20-33)37-24-14-23-36(28-37)43-39-25-12-10-21-34(39)27-35-22-11-13-26-40(35)43/h1-30H. The predicted octanol–water partition coefficient (Wildman–Crippen LogP) is 12.3. The molecule has 0 saturated heterocycles. The van der Waals surface area contributed by atoms with Crippen LogP contribution in [0.5, 0.6) is 0 Å². The van der Waals surface area contributed by atoms with Gasteiger partial charge in [0, 0.05) is 0 Å². The minimum absolute atomic E-state index is 1.21. The summed E-state index contributed by atoms with van der Waals surface area (Å²) in [6, 6.07) is 66.0. The summed E-state index contributed by atoms with van der Waals surface area (Å²) in [6.45, 7) is 0. The minimum atomic E-state index is 1.21. The molecule has 0 aliphatic heterocycles. The first kappa shape index (κ1) is 25.9. The summed E-state index contributed by atoms with van der Waals surface area (Å²) in [5.74, 6) is 0. The lowest BCUT2D eigenvalue weighted by Crippen LogP contribution is -1.94. The maximum atomic E-state index is 2.39. The number of rotatable bonds is 5. The number of hydrogen-bond donors (Lipinski definition) is 0. The van der Waals surface area contributed by atoms with Crippen LogP contribution in [-0.4, -0.2) is 0 Å². The van der Waals surface area contributed by atoms with Crippen molar-refractivity contribution in [1.29, 1.82) is 0 Å². The molecule has 0 heterocycles. The zero-order chi connectivity index (χ0) is 29.3. The summed E-state index contributed by atoms with van der Waals surface area (Å²) in [7, 11) is 0. The minimum Gasteiger partial charge on any atom is -0.0622 e. The van der Waals surface area contributed by atoms with E-state index in [4.69, 9.17) is 0 Å². The van der Waals surface area contributed by atoms with Gasteiger partial charge in [0.2, 0.25) is 0 Å². The molecule has 0 aromatic heterocycles. The molecule has 8 aromatic rings. The first-order valence-corrected chi connectivity index (χ1v) is 15.2. The molecule has 0 nitrogen and oxygen atoms in total. The third-order valence-corrected chi connectivity index (χ3v) is 8.63. The van der Waals surface area contributed by atoms with Gasteiger partial charge in [0.05, 0.1) is 0 Å². The van der Waals surface area contributed by atoms with Crippen molar-refractivity contribution in [3.63, 3.8) is 0 Å². The van der Waals surface area contributed by atoms with E-state index in [9.17, 15) is 0 Å². The van der Waals surface area contributed by atoms with Gasteiger partial charge in [0.15, 0.2) is 0 Å². The Morgan fingerprint density at radius 1 is 0.227 bits per heavy atom. The van der Waals surface area contributed by atoms with Crippen LogP contribution in [0.2, 0.25) is 0 Å². The second-order valence-electron chi connectivity index (χ2n) is 11.3. The summed E-state index contributed by atoms with van der Waals surface area (Å²) in [6.07, 6.45) is 0. The Morgan fingerprint density at radius 2 is 0.636 bits per heavy atom. The fraction of sp³-hybridized carbons (Fsp3) is 0. The van der Waals surface area contributed by atoms with E-state index in [-0.39, 0.29) is 0 Å². The fourth-order valence-corrected chi connectivity index (χ4v) is 6.60. The van der Waals surface area contributed by atoms with Crippen molar-refractivity contribution in [2.45, 2.75) is 0 Å². The molecule has 8 rings (SSSR count). The molecule has 0 N–H and O–H groups in total. The highest BCUT2D eigenvalue weighted by Gasteiger charge is 2.18. The SMILES string of the molecule is c1ccc(-c2cc(-c3ccccc3)c(-c3cccc(-c4c5ccccc5cc5ccccc45)c3)c(-c3ccccc3)c2)cc1. The van der Waals surface area contributed by atoms with Gasteiger partial charge in [0.1, 0.15) is 0 Å². The molecule has 0 heteroatoms. The lowest BCUT2D eigenvalue weighted by Gasteiger charge is -2.20. The van der Waals surface area contributed by atoms with Crippen LogP contribution in [-0.2, 0) is 0 Å². The van der Waals surface area contributed by atoms with Gasteiger partial charge in [-0.1, -0.05) is 158 Å². The fourth-order valence-electron chi connectivity index (χ4n) is 6.60. The summed E-state index contributed by atoms with van der Waals surface area (Å²) >= 11 is 0. The normalized spacial score (nSPS) is 11.2. The highest BCUT2D eigenvalue weighted by Crippen LogP contribution is 2.45. The molecule has 0 atom stereocenters. The third kappa shape index (κ3) is 4.68. The topological polar surface area (TPSA) is 0 Å².